The van der Waals surface area contributed by atoms with Gasteiger partial charge in [0.1, 0.15) is 11.0 Å². The fraction of sp³-hybridized carbons (Fsp3) is 0.333. The van der Waals surface area contributed by atoms with E-state index in [1.165, 1.54) is 16.8 Å². The van der Waals surface area contributed by atoms with E-state index in [9.17, 15) is 9.18 Å². The lowest BCUT2D eigenvalue weighted by molar-refractivity contribution is 0.112. The van der Waals surface area contributed by atoms with Gasteiger partial charge in [-0.2, -0.15) is 5.10 Å². The van der Waals surface area contributed by atoms with Crippen LogP contribution in [-0.4, -0.2) is 16.1 Å². The van der Waals surface area contributed by atoms with Gasteiger partial charge in [-0.15, -0.1) is 0 Å². The van der Waals surface area contributed by atoms with Crippen molar-refractivity contribution in [3.8, 4) is 5.69 Å². The fourth-order valence-corrected chi connectivity index (χ4v) is 3.22. The van der Waals surface area contributed by atoms with Gasteiger partial charge in [0.25, 0.3) is 0 Å². The summed E-state index contributed by atoms with van der Waals surface area (Å²) in [6.45, 7) is 0. The molecule has 0 saturated heterocycles. The van der Waals surface area contributed by atoms with Crippen LogP contribution >= 0.6 is 23.2 Å². The van der Waals surface area contributed by atoms with Gasteiger partial charge in [0.2, 0.25) is 0 Å². The lowest BCUT2D eigenvalue weighted by Gasteiger charge is -2.06. The minimum atomic E-state index is -0.546. The largest absolute Gasteiger partial charge is 0.298 e. The minimum absolute atomic E-state index is 0.0358. The lowest BCUT2D eigenvalue weighted by Crippen LogP contribution is -2.00. The van der Waals surface area contributed by atoms with Crippen LogP contribution in [0.4, 0.5) is 4.39 Å². The molecule has 1 aliphatic rings. The summed E-state index contributed by atoms with van der Waals surface area (Å²) >= 11 is 11.9. The summed E-state index contributed by atoms with van der Waals surface area (Å²) < 4.78 is 15.0. The van der Waals surface area contributed by atoms with Crippen LogP contribution in [0.15, 0.2) is 18.2 Å². The molecule has 21 heavy (non-hydrogen) atoms. The molecule has 0 amide bonds. The first kappa shape index (κ1) is 14.5. The van der Waals surface area contributed by atoms with E-state index in [1.54, 1.807) is 6.07 Å². The maximum Gasteiger partial charge on any atom is 0.155 e. The summed E-state index contributed by atoms with van der Waals surface area (Å²) in [4.78, 5) is 11.3. The van der Waals surface area contributed by atoms with Gasteiger partial charge in [-0.25, -0.2) is 9.07 Å². The van der Waals surface area contributed by atoms with Gasteiger partial charge < -0.3 is 0 Å². The molecule has 0 unspecified atom stereocenters. The van der Waals surface area contributed by atoms with Crippen LogP contribution in [0.1, 0.15) is 47.7 Å². The quantitative estimate of drug-likeness (QED) is 0.760. The van der Waals surface area contributed by atoms with Crippen molar-refractivity contribution in [1.29, 1.82) is 0 Å². The van der Waals surface area contributed by atoms with E-state index in [2.05, 4.69) is 5.10 Å². The van der Waals surface area contributed by atoms with E-state index < -0.39 is 5.82 Å². The third-order valence-electron chi connectivity index (χ3n) is 3.90. The highest BCUT2D eigenvalue weighted by atomic mass is 35.5. The first-order valence-electron chi connectivity index (χ1n) is 6.81. The van der Waals surface area contributed by atoms with Gasteiger partial charge in [-0.3, -0.25) is 4.79 Å². The maximum atomic E-state index is 13.6. The molecule has 6 heteroatoms. The number of benzene rings is 1. The molecule has 110 valence electrons. The van der Waals surface area contributed by atoms with Crippen molar-refractivity contribution in [3.63, 3.8) is 0 Å². The Balaban J connectivity index is 2.10. The monoisotopic (exact) mass is 326 g/mol. The zero-order valence-electron chi connectivity index (χ0n) is 11.2. The van der Waals surface area contributed by atoms with Crippen molar-refractivity contribution < 1.29 is 9.18 Å². The van der Waals surface area contributed by atoms with E-state index in [1.807, 2.05) is 0 Å². The van der Waals surface area contributed by atoms with Crippen LogP contribution in [0.3, 0.4) is 0 Å². The highest BCUT2D eigenvalue weighted by Crippen LogP contribution is 2.37. The lowest BCUT2D eigenvalue weighted by atomic mass is 10.0. The second-order valence-corrected chi connectivity index (χ2v) is 5.96. The van der Waals surface area contributed by atoms with Crippen molar-refractivity contribution in [3.05, 3.63) is 45.4 Å². The molecule has 0 spiro atoms. The second-order valence-electron chi connectivity index (χ2n) is 5.20. The normalized spacial score (nSPS) is 15.6. The molecule has 0 radical (unpaired) electrons. The molecule has 1 aromatic heterocycles. The fourth-order valence-electron chi connectivity index (χ4n) is 2.82. The Morgan fingerprint density at radius 1 is 1.29 bits per heavy atom. The van der Waals surface area contributed by atoms with Crippen LogP contribution in [0.25, 0.3) is 5.69 Å². The average molecular weight is 327 g/mol. The number of halogens is 3. The van der Waals surface area contributed by atoms with Crippen molar-refractivity contribution >= 4 is 29.5 Å². The number of hydrogen-bond acceptors (Lipinski definition) is 2. The first-order valence-corrected chi connectivity index (χ1v) is 7.56. The second kappa shape index (κ2) is 5.78. The molecule has 3 rings (SSSR count). The predicted octanol–water partition coefficient (Wildman–Crippen LogP) is 4.79. The van der Waals surface area contributed by atoms with Crippen molar-refractivity contribution in [1.82, 2.24) is 9.78 Å². The first-order chi connectivity index (χ1) is 10.1. The SMILES string of the molecule is O=Cc1c(C2CCCC2)nn(-c2ccc(Cl)c(F)c2)c1Cl. The van der Waals surface area contributed by atoms with Crippen molar-refractivity contribution in [2.24, 2.45) is 0 Å². The molecule has 1 aliphatic carbocycles. The van der Waals surface area contributed by atoms with Crippen LogP contribution in [0.2, 0.25) is 10.2 Å². The van der Waals surface area contributed by atoms with Gasteiger partial charge in [-0.05, 0) is 25.0 Å². The van der Waals surface area contributed by atoms with Gasteiger partial charge in [0, 0.05) is 12.0 Å². The van der Waals surface area contributed by atoms with E-state index in [-0.39, 0.29) is 16.1 Å². The molecule has 2 aromatic rings. The molecule has 1 aromatic carbocycles. The summed E-state index contributed by atoms with van der Waals surface area (Å²) in [7, 11) is 0. The molecular formula is C15H13Cl2FN2O. The van der Waals surface area contributed by atoms with Gasteiger partial charge in [0.05, 0.1) is 22.0 Å². The molecule has 1 heterocycles. The third kappa shape index (κ3) is 2.58. The Hall–Kier alpha value is -1.39. The number of carbonyl (C=O) groups is 1. The van der Waals surface area contributed by atoms with E-state index in [4.69, 9.17) is 23.2 Å². The molecule has 3 nitrogen and oxygen atoms in total. The minimum Gasteiger partial charge on any atom is -0.298 e. The molecule has 0 N–H and O–H groups in total. The summed E-state index contributed by atoms with van der Waals surface area (Å²) in [5.41, 5.74) is 1.57. The molecular weight excluding hydrogens is 314 g/mol. The van der Waals surface area contributed by atoms with Gasteiger partial charge >= 0.3 is 0 Å². The van der Waals surface area contributed by atoms with Crippen molar-refractivity contribution in [2.75, 3.05) is 0 Å². The molecule has 0 bridgehead atoms. The average Bonchev–Trinajstić information content (AvgIpc) is 3.09. The number of aromatic nitrogens is 2. The number of carbonyl (C=O) groups excluding carboxylic acids is 1. The number of aldehydes is 1. The van der Waals surface area contributed by atoms with E-state index in [0.29, 0.717) is 16.9 Å². The number of rotatable bonds is 3. The summed E-state index contributed by atoms with van der Waals surface area (Å²) in [6.07, 6.45) is 4.99. The number of nitrogens with zero attached hydrogens (tertiary/aromatic N) is 2. The Labute approximate surface area is 131 Å². The Bertz CT molecular complexity index is 693. The topological polar surface area (TPSA) is 34.9 Å². The Morgan fingerprint density at radius 3 is 2.62 bits per heavy atom. The predicted molar refractivity (Wildman–Crippen MR) is 80.1 cm³/mol. The third-order valence-corrected chi connectivity index (χ3v) is 4.57. The molecule has 0 atom stereocenters. The van der Waals surface area contributed by atoms with Crippen LogP contribution in [-0.2, 0) is 0 Å². The zero-order chi connectivity index (χ0) is 15.0. The standard InChI is InChI=1S/C15H13Cl2FN2O/c16-12-6-5-10(7-13(12)18)20-15(17)11(8-21)14(19-20)9-3-1-2-4-9/h5-9H,1-4H2. The maximum absolute atomic E-state index is 13.6. The summed E-state index contributed by atoms with van der Waals surface area (Å²) in [6, 6.07) is 4.32. The van der Waals surface area contributed by atoms with Crippen molar-refractivity contribution in [2.45, 2.75) is 31.6 Å². The highest BCUT2D eigenvalue weighted by Gasteiger charge is 2.26. The molecule has 0 aliphatic heterocycles. The smallest absolute Gasteiger partial charge is 0.155 e. The number of hydrogen-bond donors (Lipinski definition) is 0. The van der Waals surface area contributed by atoms with Gasteiger partial charge in [-0.1, -0.05) is 36.0 Å². The highest BCUT2D eigenvalue weighted by molar-refractivity contribution is 6.32. The van der Waals surface area contributed by atoms with Gasteiger partial charge in [0.15, 0.2) is 6.29 Å². The van der Waals surface area contributed by atoms with Crippen LogP contribution in [0.5, 0.6) is 0 Å². The Kier molecular flexibility index (Phi) is 4.00. The zero-order valence-corrected chi connectivity index (χ0v) is 12.7. The Morgan fingerprint density at radius 2 is 2.00 bits per heavy atom. The van der Waals surface area contributed by atoms with Crippen LogP contribution in [0, 0.1) is 5.82 Å². The molecule has 1 fully saturated rings. The van der Waals surface area contributed by atoms with Crippen LogP contribution < -0.4 is 0 Å². The summed E-state index contributed by atoms with van der Waals surface area (Å²) in [5, 5.41) is 4.70. The summed E-state index contributed by atoms with van der Waals surface area (Å²) in [5.74, 6) is -0.295. The molecule has 1 saturated carbocycles. The van der Waals surface area contributed by atoms with E-state index in [0.717, 1.165) is 32.0 Å². The van der Waals surface area contributed by atoms with E-state index >= 15 is 0 Å².